The second-order valence-corrected chi connectivity index (χ2v) is 8.29. The molecule has 1 saturated heterocycles. The van der Waals surface area contributed by atoms with E-state index in [4.69, 9.17) is 9.47 Å². The lowest BCUT2D eigenvalue weighted by Gasteiger charge is -2.36. The Morgan fingerprint density at radius 3 is 2.29 bits per heavy atom. The van der Waals surface area contributed by atoms with Crippen LogP contribution in [0.5, 0.6) is 11.5 Å². The van der Waals surface area contributed by atoms with Crippen LogP contribution < -0.4 is 25.0 Å². The average molecular weight is 463 g/mol. The molecular formula is C25H26N4O5. The molecule has 3 aliphatic rings. The molecule has 5 rings (SSSR count). The maximum absolute atomic E-state index is 12.9. The van der Waals surface area contributed by atoms with Gasteiger partial charge in [0.15, 0.2) is 11.5 Å². The van der Waals surface area contributed by atoms with Crippen LogP contribution in [0.25, 0.3) is 0 Å². The van der Waals surface area contributed by atoms with Gasteiger partial charge in [-0.3, -0.25) is 14.4 Å². The molecule has 0 bridgehead atoms. The Morgan fingerprint density at radius 1 is 0.912 bits per heavy atom. The first-order valence-electron chi connectivity index (χ1n) is 11.3. The Hall–Kier alpha value is -4.01. The summed E-state index contributed by atoms with van der Waals surface area (Å²) in [5, 5.41) is 5.88. The number of piperazine rings is 1. The van der Waals surface area contributed by atoms with Crippen molar-refractivity contribution >= 4 is 23.2 Å². The monoisotopic (exact) mass is 462 g/mol. The summed E-state index contributed by atoms with van der Waals surface area (Å²) in [6.07, 6.45) is 0.230. The van der Waals surface area contributed by atoms with Gasteiger partial charge in [0, 0.05) is 69.1 Å². The number of ketones is 2. The number of allylic oxidation sites excluding steroid dienone is 2. The molecular weight excluding hydrogens is 436 g/mol. The van der Waals surface area contributed by atoms with Crippen molar-refractivity contribution in [2.75, 3.05) is 51.5 Å². The maximum atomic E-state index is 12.9. The second kappa shape index (κ2) is 9.09. The number of rotatable bonds is 6. The summed E-state index contributed by atoms with van der Waals surface area (Å²) in [6.45, 7) is 3.18. The lowest BCUT2D eigenvalue weighted by molar-refractivity contribution is -0.131. The zero-order valence-electron chi connectivity index (χ0n) is 18.9. The van der Waals surface area contributed by atoms with Gasteiger partial charge >= 0.3 is 0 Å². The zero-order valence-corrected chi connectivity index (χ0v) is 18.9. The van der Waals surface area contributed by atoms with Gasteiger partial charge in [-0.25, -0.2) is 0 Å². The van der Waals surface area contributed by atoms with Gasteiger partial charge in [0.2, 0.25) is 24.3 Å². The topological polar surface area (TPSA) is 100 Å². The molecule has 0 spiro atoms. The summed E-state index contributed by atoms with van der Waals surface area (Å²) in [5.74, 6) is 1.04. The number of anilines is 1. The maximum Gasteiger partial charge on any atom is 0.231 e. The molecule has 1 amide bonds. The molecule has 2 heterocycles. The molecule has 0 aromatic heterocycles. The molecule has 34 heavy (non-hydrogen) atoms. The highest BCUT2D eigenvalue weighted by atomic mass is 16.7. The van der Waals surface area contributed by atoms with E-state index < -0.39 is 0 Å². The summed E-state index contributed by atoms with van der Waals surface area (Å²) in [6, 6.07) is 12.6. The largest absolute Gasteiger partial charge is 0.454 e. The van der Waals surface area contributed by atoms with Gasteiger partial charge in [-0.1, -0.05) is 24.3 Å². The smallest absolute Gasteiger partial charge is 0.231 e. The number of likely N-dealkylation sites (N-methyl/N-ethyl adjacent to an activating group) is 1. The third-order valence-electron chi connectivity index (χ3n) is 6.36. The highest BCUT2D eigenvalue weighted by Crippen LogP contribution is 2.35. The average Bonchev–Trinajstić information content (AvgIpc) is 3.35. The molecule has 9 heteroatoms. The van der Waals surface area contributed by atoms with E-state index in [1.165, 1.54) is 0 Å². The SMILES string of the molecule is CNC1=C(NCCC(=O)N2CCN(c3ccc4c(c3)OCO4)CC2)C(=O)c2ccccc2C1=O. The molecule has 1 aliphatic carbocycles. The second-order valence-electron chi connectivity index (χ2n) is 8.29. The first-order chi connectivity index (χ1) is 16.6. The number of carbonyl (C=O) groups is 3. The number of Topliss-reactive ketones (excluding diaryl/α,β-unsaturated/α-hetero) is 2. The number of fused-ring (bicyclic) bond motifs is 2. The Kier molecular flexibility index (Phi) is 5.83. The van der Waals surface area contributed by atoms with E-state index in [2.05, 4.69) is 15.5 Å². The molecule has 2 aromatic carbocycles. The third-order valence-corrected chi connectivity index (χ3v) is 6.36. The summed E-state index contributed by atoms with van der Waals surface area (Å²) in [7, 11) is 1.61. The Labute approximate surface area is 197 Å². The van der Waals surface area contributed by atoms with Gasteiger partial charge in [0.1, 0.15) is 11.4 Å². The fourth-order valence-electron chi connectivity index (χ4n) is 4.53. The van der Waals surface area contributed by atoms with E-state index in [9.17, 15) is 14.4 Å². The minimum atomic E-state index is -0.246. The molecule has 2 N–H and O–H groups in total. The van der Waals surface area contributed by atoms with Gasteiger partial charge < -0.3 is 29.9 Å². The van der Waals surface area contributed by atoms with Crippen LogP contribution >= 0.6 is 0 Å². The normalized spacial score (nSPS) is 17.1. The number of carbonyl (C=O) groups excluding carboxylic acids is 3. The fourth-order valence-corrected chi connectivity index (χ4v) is 4.53. The van der Waals surface area contributed by atoms with E-state index in [-0.39, 0.29) is 48.6 Å². The van der Waals surface area contributed by atoms with Crippen molar-refractivity contribution in [1.29, 1.82) is 0 Å². The van der Waals surface area contributed by atoms with Crippen LogP contribution in [-0.4, -0.2) is 68.9 Å². The summed E-state index contributed by atoms with van der Waals surface area (Å²) >= 11 is 0. The molecule has 0 saturated carbocycles. The van der Waals surface area contributed by atoms with Gasteiger partial charge in [-0.15, -0.1) is 0 Å². The lowest BCUT2D eigenvalue weighted by atomic mass is 9.90. The number of hydrogen-bond donors (Lipinski definition) is 2. The number of benzene rings is 2. The number of ether oxygens (including phenoxy) is 2. The quantitative estimate of drug-likeness (QED) is 0.667. The molecule has 176 valence electrons. The van der Waals surface area contributed by atoms with Crippen LogP contribution in [0.1, 0.15) is 27.1 Å². The molecule has 0 unspecified atom stereocenters. The van der Waals surface area contributed by atoms with Crippen molar-refractivity contribution < 1.29 is 23.9 Å². The van der Waals surface area contributed by atoms with Crippen LogP contribution in [0.3, 0.4) is 0 Å². The van der Waals surface area contributed by atoms with E-state index in [0.29, 0.717) is 24.2 Å². The summed E-state index contributed by atoms with van der Waals surface area (Å²) in [5.41, 5.74) is 2.25. The Balaban J connectivity index is 1.16. The van der Waals surface area contributed by atoms with Gasteiger partial charge in [0.05, 0.1) is 0 Å². The first kappa shape index (κ1) is 21.8. The predicted octanol–water partition coefficient (Wildman–Crippen LogP) is 1.55. The summed E-state index contributed by atoms with van der Waals surface area (Å²) < 4.78 is 10.8. The van der Waals surface area contributed by atoms with E-state index in [1.807, 2.05) is 23.1 Å². The number of nitrogens with zero attached hydrogens (tertiary/aromatic N) is 2. The standard InChI is InChI=1S/C25H26N4O5/c1-26-22-23(25(32)18-5-3-2-4-17(18)24(22)31)27-9-8-21(30)29-12-10-28(11-13-29)16-6-7-19-20(14-16)34-15-33-19/h2-7,14,26-27H,8-13,15H2,1H3. The van der Waals surface area contributed by atoms with Gasteiger partial charge in [-0.2, -0.15) is 0 Å². The minimum absolute atomic E-state index is 0.0134. The van der Waals surface area contributed by atoms with Crippen LogP contribution in [0.2, 0.25) is 0 Å². The van der Waals surface area contributed by atoms with Crippen molar-refractivity contribution in [1.82, 2.24) is 15.5 Å². The van der Waals surface area contributed by atoms with E-state index in [0.717, 1.165) is 30.3 Å². The van der Waals surface area contributed by atoms with Gasteiger partial charge in [-0.05, 0) is 12.1 Å². The minimum Gasteiger partial charge on any atom is -0.454 e. The van der Waals surface area contributed by atoms with Crippen molar-refractivity contribution in [3.63, 3.8) is 0 Å². The highest BCUT2D eigenvalue weighted by molar-refractivity contribution is 6.26. The molecule has 2 aromatic rings. The predicted molar refractivity (Wildman–Crippen MR) is 125 cm³/mol. The third kappa shape index (κ3) is 3.93. The van der Waals surface area contributed by atoms with Gasteiger partial charge in [0.25, 0.3) is 0 Å². The fraction of sp³-hybridized carbons (Fsp3) is 0.320. The van der Waals surface area contributed by atoms with Crippen LogP contribution in [-0.2, 0) is 4.79 Å². The molecule has 9 nitrogen and oxygen atoms in total. The van der Waals surface area contributed by atoms with E-state index >= 15 is 0 Å². The number of hydrogen-bond acceptors (Lipinski definition) is 8. The van der Waals surface area contributed by atoms with Crippen molar-refractivity contribution in [2.24, 2.45) is 0 Å². The zero-order chi connectivity index (χ0) is 23.7. The molecule has 0 radical (unpaired) electrons. The molecule has 1 fully saturated rings. The van der Waals surface area contributed by atoms with Crippen LogP contribution in [0.4, 0.5) is 5.69 Å². The lowest BCUT2D eigenvalue weighted by Crippen LogP contribution is -2.49. The Morgan fingerprint density at radius 2 is 1.59 bits per heavy atom. The van der Waals surface area contributed by atoms with Crippen molar-refractivity contribution in [2.45, 2.75) is 6.42 Å². The highest BCUT2D eigenvalue weighted by Gasteiger charge is 2.31. The number of nitrogens with one attached hydrogen (secondary N) is 2. The first-order valence-corrected chi connectivity index (χ1v) is 11.3. The van der Waals surface area contributed by atoms with Crippen LogP contribution in [0.15, 0.2) is 53.9 Å². The van der Waals surface area contributed by atoms with Crippen molar-refractivity contribution in [3.05, 3.63) is 65.0 Å². The molecule has 0 atom stereocenters. The van der Waals surface area contributed by atoms with Crippen molar-refractivity contribution in [3.8, 4) is 11.5 Å². The number of amides is 1. The summed E-state index contributed by atoms with van der Waals surface area (Å²) in [4.78, 5) is 42.5. The molecule has 2 aliphatic heterocycles. The van der Waals surface area contributed by atoms with Crippen LogP contribution in [0, 0.1) is 0 Å². The van der Waals surface area contributed by atoms with E-state index in [1.54, 1.807) is 31.3 Å². The Bertz CT molecular complexity index is 1180.